The van der Waals surface area contributed by atoms with Gasteiger partial charge in [0.05, 0.1) is 16.6 Å². The molecule has 12 heteroatoms. The first-order valence-electron chi connectivity index (χ1n) is 9.51. The van der Waals surface area contributed by atoms with Crippen molar-refractivity contribution < 1.29 is 37.0 Å². The molecule has 0 bridgehead atoms. The van der Waals surface area contributed by atoms with Crippen LogP contribution in [0.4, 0.5) is 33.3 Å². The Bertz CT molecular complexity index is 1140. The largest absolute Gasteiger partial charge is 0.477 e. The van der Waals surface area contributed by atoms with Gasteiger partial charge in [-0.25, -0.2) is 13.6 Å². The Labute approximate surface area is 171 Å². The second-order valence-electron chi connectivity index (χ2n) is 7.91. The van der Waals surface area contributed by atoms with Crippen molar-refractivity contribution in [2.75, 3.05) is 23.7 Å². The van der Waals surface area contributed by atoms with Crippen molar-refractivity contribution in [3.8, 4) is 0 Å². The Kier molecular flexibility index (Phi) is 4.87. The molecule has 2 atom stereocenters. The number of halogens is 5. The van der Waals surface area contributed by atoms with Crippen LogP contribution in [0.15, 0.2) is 11.0 Å². The average molecular weight is 447 g/mol. The second-order valence-corrected chi connectivity index (χ2v) is 7.91. The number of anilines is 2. The first kappa shape index (κ1) is 21.3. The summed E-state index contributed by atoms with van der Waals surface area (Å²) in [7, 11) is 0. The van der Waals surface area contributed by atoms with Gasteiger partial charge < -0.3 is 25.4 Å². The van der Waals surface area contributed by atoms with Crippen LogP contribution < -0.4 is 16.1 Å². The lowest BCUT2D eigenvalue weighted by Gasteiger charge is -2.25. The summed E-state index contributed by atoms with van der Waals surface area (Å²) in [5, 5.41) is 18.2. The molecular formula is C19H18F5N3O4. The number of nitrogen functional groups attached to an aromatic ring is 1. The zero-order valence-corrected chi connectivity index (χ0v) is 15.9. The van der Waals surface area contributed by atoms with Crippen molar-refractivity contribution in [1.29, 1.82) is 0 Å². The Balaban J connectivity index is 1.89. The number of rotatable bonds is 4. The van der Waals surface area contributed by atoms with E-state index in [4.69, 9.17) is 5.73 Å². The van der Waals surface area contributed by atoms with Gasteiger partial charge in [0.1, 0.15) is 11.3 Å². The predicted octanol–water partition coefficient (Wildman–Crippen LogP) is 2.64. The van der Waals surface area contributed by atoms with Crippen LogP contribution in [0.2, 0.25) is 0 Å². The van der Waals surface area contributed by atoms with Crippen LogP contribution >= 0.6 is 0 Å². The fraction of sp³-hybridized carbons (Fsp3) is 0.474. The number of carboxylic acid groups (broad SMARTS) is 1. The number of pyridine rings is 1. The molecule has 168 valence electrons. The lowest BCUT2D eigenvalue weighted by molar-refractivity contribution is -0.217. The Morgan fingerprint density at radius 1 is 1.19 bits per heavy atom. The molecule has 7 nitrogen and oxygen atoms in total. The summed E-state index contributed by atoms with van der Waals surface area (Å²) in [5.74, 6) is -5.43. The fourth-order valence-electron chi connectivity index (χ4n) is 4.14. The second kappa shape index (κ2) is 7.08. The Morgan fingerprint density at radius 2 is 1.84 bits per heavy atom. The van der Waals surface area contributed by atoms with Crippen molar-refractivity contribution in [3.63, 3.8) is 0 Å². The number of hydrogen-bond acceptors (Lipinski definition) is 5. The molecule has 2 aliphatic rings. The van der Waals surface area contributed by atoms with Gasteiger partial charge in [-0.15, -0.1) is 0 Å². The minimum absolute atomic E-state index is 0.162. The molecule has 4 N–H and O–H groups in total. The van der Waals surface area contributed by atoms with E-state index in [9.17, 15) is 33.0 Å². The number of benzene rings is 1. The fourth-order valence-corrected chi connectivity index (χ4v) is 4.14. The smallest absolute Gasteiger partial charge is 0.414 e. The Morgan fingerprint density at radius 3 is 2.39 bits per heavy atom. The lowest BCUT2D eigenvalue weighted by Crippen LogP contribution is -2.37. The number of hydrogen-bond donors (Lipinski definition) is 3. The number of aliphatic hydroxyl groups is 1. The van der Waals surface area contributed by atoms with Crippen LogP contribution in [-0.2, 0) is 0 Å². The quantitative estimate of drug-likeness (QED) is 0.491. The van der Waals surface area contributed by atoms with Crippen molar-refractivity contribution in [2.24, 2.45) is 5.92 Å². The number of carboxylic acids is 1. The number of nitrogens with zero attached hydrogens (tertiary/aromatic N) is 2. The van der Waals surface area contributed by atoms with E-state index in [1.807, 2.05) is 0 Å². The van der Waals surface area contributed by atoms with Gasteiger partial charge in [-0.05, 0) is 19.3 Å². The molecule has 1 saturated heterocycles. The van der Waals surface area contributed by atoms with E-state index < -0.39 is 70.1 Å². The van der Waals surface area contributed by atoms with Crippen LogP contribution in [0.5, 0.6) is 0 Å². The van der Waals surface area contributed by atoms with Gasteiger partial charge in [-0.2, -0.15) is 13.2 Å². The van der Waals surface area contributed by atoms with Crippen molar-refractivity contribution >= 4 is 28.2 Å². The maximum absolute atomic E-state index is 15.6. The highest BCUT2D eigenvalue weighted by Crippen LogP contribution is 2.43. The summed E-state index contributed by atoms with van der Waals surface area (Å²) in [6, 6.07) is -0.313. The van der Waals surface area contributed by atoms with E-state index >= 15 is 8.78 Å². The van der Waals surface area contributed by atoms with Crippen molar-refractivity contribution in [1.82, 2.24) is 4.57 Å². The van der Waals surface area contributed by atoms with E-state index in [1.165, 1.54) is 4.57 Å². The van der Waals surface area contributed by atoms with Gasteiger partial charge >= 0.3 is 12.1 Å². The molecule has 1 aliphatic carbocycles. The molecule has 2 aromatic rings. The number of alkyl halides is 3. The van der Waals surface area contributed by atoms with Gasteiger partial charge in [-0.1, -0.05) is 0 Å². The van der Waals surface area contributed by atoms with Gasteiger partial charge in [0.15, 0.2) is 17.7 Å². The molecule has 0 radical (unpaired) electrons. The Hall–Kier alpha value is -2.89. The predicted molar refractivity (Wildman–Crippen MR) is 100 cm³/mol. The third-order valence-corrected chi connectivity index (χ3v) is 5.86. The van der Waals surface area contributed by atoms with Gasteiger partial charge in [0, 0.05) is 31.2 Å². The number of fused-ring (bicyclic) bond motifs is 1. The molecular weight excluding hydrogens is 429 g/mol. The van der Waals surface area contributed by atoms with Gasteiger partial charge in [0.25, 0.3) is 0 Å². The molecule has 1 aromatic heterocycles. The molecule has 0 spiro atoms. The molecule has 31 heavy (non-hydrogen) atoms. The van der Waals surface area contributed by atoms with Crippen LogP contribution in [0, 0.1) is 17.6 Å². The molecule has 1 saturated carbocycles. The van der Waals surface area contributed by atoms with Crippen molar-refractivity contribution in [2.45, 2.75) is 37.6 Å². The third-order valence-electron chi connectivity index (χ3n) is 5.86. The average Bonchev–Trinajstić information content (AvgIpc) is 3.42. The normalized spacial score (nSPS) is 20.5. The summed E-state index contributed by atoms with van der Waals surface area (Å²) in [4.78, 5) is 25.0. The summed E-state index contributed by atoms with van der Waals surface area (Å²) in [6.45, 7) is -0.641. The molecule has 1 aliphatic heterocycles. The van der Waals surface area contributed by atoms with Crippen molar-refractivity contribution in [3.05, 3.63) is 33.6 Å². The van der Waals surface area contributed by atoms with Crippen LogP contribution in [0.25, 0.3) is 10.9 Å². The summed E-state index contributed by atoms with van der Waals surface area (Å²) in [5.41, 5.74) is 2.09. The highest BCUT2D eigenvalue weighted by Gasteiger charge is 2.46. The number of carbonyl (C=O) groups is 1. The maximum atomic E-state index is 15.6. The van der Waals surface area contributed by atoms with E-state index in [0.717, 1.165) is 11.1 Å². The van der Waals surface area contributed by atoms with E-state index in [-0.39, 0.29) is 24.5 Å². The molecule has 4 rings (SSSR count). The van der Waals surface area contributed by atoms with Gasteiger partial charge in [0.2, 0.25) is 5.43 Å². The van der Waals surface area contributed by atoms with E-state index in [2.05, 4.69) is 0 Å². The topological polar surface area (TPSA) is 109 Å². The number of nitrogens with two attached hydrogens (primary N) is 1. The lowest BCUT2D eigenvalue weighted by atomic mass is 10.0. The number of aromatic carboxylic acids is 1. The van der Waals surface area contributed by atoms with Gasteiger partial charge in [-0.3, -0.25) is 4.79 Å². The summed E-state index contributed by atoms with van der Waals surface area (Å²) in [6.07, 6.45) is -5.55. The van der Waals surface area contributed by atoms with Crippen LogP contribution in [0.1, 0.15) is 35.7 Å². The molecule has 1 aromatic carbocycles. The molecule has 0 unspecified atom stereocenters. The monoisotopic (exact) mass is 447 g/mol. The first-order chi connectivity index (χ1) is 14.4. The first-order valence-corrected chi connectivity index (χ1v) is 9.51. The molecule has 2 fully saturated rings. The maximum Gasteiger partial charge on any atom is 0.414 e. The zero-order valence-electron chi connectivity index (χ0n) is 15.9. The highest BCUT2D eigenvalue weighted by molar-refractivity contribution is 5.99. The molecule has 2 heterocycles. The summed E-state index contributed by atoms with van der Waals surface area (Å²) < 4.78 is 70.4. The zero-order chi connectivity index (χ0) is 22.8. The van der Waals surface area contributed by atoms with E-state index in [0.29, 0.717) is 12.8 Å². The number of aliphatic hydroxyl groups excluding tert-OH is 1. The van der Waals surface area contributed by atoms with Crippen LogP contribution in [-0.4, -0.2) is 46.1 Å². The SMILES string of the molecule is Nc1c(F)c(N2CC[C@@H]([C@H](O)C(F)(F)F)C2)c(F)c2c1c(=O)c(C(=O)O)cn2C1CC1. The summed E-state index contributed by atoms with van der Waals surface area (Å²) >= 11 is 0. The van der Waals surface area contributed by atoms with E-state index in [1.54, 1.807) is 0 Å². The third kappa shape index (κ3) is 3.38. The minimum atomic E-state index is -4.88. The standard InChI is InChI=1S/C19H18F5N3O4/c20-11-13(25)10-14(27(8-1-2-8)6-9(16(10)28)18(30)31)12(21)15(11)26-4-3-7(5-26)17(29)19(22,23)24/h6-8,17,29H,1-5,25H2,(H,30,31)/t7-,17+/m1/s1. The minimum Gasteiger partial charge on any atom is -0.477 e. The highest BCUT2D eigenvalue weighted by atomic mass is 19.4. The van der Waals surface area contributed by atoms with Crippen LogP contribution in [0.3, 0.4) is 0 Å². The number of aromatic nitrogens is 1. The molecule has 0 amide bonds.